The molecule has 0 bridgehead atoms. The van der Waals surface area contributed by atoms with Crippen LogP contribution in [-0.4, -0.2) is 33.9 Å². The predicted molar refractivity (Wildman–Crippen MR) is 120 cm³/mol. The lowest BCUT2D eigenvalue weighted by molar-refractivity contribution is 0.0965. The van der Waals surface area contributed by atoms with Gasteiger partial charge in [0.1, 0.15) is 12.2 Å². The molecule has 0 amide bonds. The van der Waals surface area contributed by atoms with Gasteiger partial charge < -0.3 is 18.4 Å². The lowest BCUT2D eigenvalue weighted by Crippen LogP contribution is -2.27. The molecule has 9 nitrogen and oxygen atoms in total. The van der Waals surface area contributed by atoms with Gasteiger partial charge in [-0.05, 0) is 51.1 Å². The first kappa shape index (κ1) is 22.1. The van der Waals surface area contributed by atoms with E-state index in [1.807, 2.05) is 13.8 Å². The van der Waals surface area contributed by atoms with Gasteiger partial charge in [0.25, 0.3) is 5.56 Å². The van der Waals surface area contributed by atoms with Crippen LogP contribution in [-0.2, 0) is 6.54 Å². The highest BCUT2D eigenvalue weighted by Gasteiger charge is 2.20. The minimum atomic E-state index is -0.460. The fourth-order valence-electron chi connectivity index (χ4n) is 3.33. The van der Waals surface area contributed by atoms with Crippen LogP contribution in [0.5, 0.6) is 11.5 Å². The smallest absolute Gasteiger partial charge is 0.267 e. The van der Waals surface area contributed by atoms with E-state index in [4.69, 9.17) is 18.4 Å². The Labute approximate surface area is 189 Å². The fourth-order valence-corrected chi connectivity index (χ4v) is 3.33. The quantitative estimate of drug-likeness (QED) is 0.351. The van der Waals surface area contributed by atoms with Crippen LogP contribution in [0.4, 0.5) is 0 Å². The van der Waals surface area contributed by atoms with Gasteiger partial charge in [0, 0.05) is 17.7 Å². The van der Waals surface area contributed by atoms with Crippen molar-refractivity contribution in [3.63, 3.8) is 0 Å². The van der Waals surface area contributed by atoms with Crippen LogP contribution in [0, 0.1) is 6.92 Å². The third-order valence-corrected chi connectivity index (χ3v) is 4.80. The molecule has 33 heavy (non-hydrogen) atoms. The molecule has 4 rings (SSSR count). The maximum absolute atomic E-state index is 13.0. The van der Waals surface area contributed by atoms with Gasteiger partial charge in [-0.25, -0.2) is 4.68 Å². The van der Waals surface area contributed by atoms with E-state index in [1.54, 1.807) is 43.3 Å². The van der Waals surface area contributed by atoms with E-state index in [0.717, 1.165) is 4.68 Å². The molecule has 0 radical (unpaired) electrons. The lowest BCUT2D eigenvalue weighted by Gasteiger charge is -2.13. The minimum Gasteiger partial charge on any atom is -0.490 e. The lowest BCUT2D eigenvalue weighted by atomic mass is 10.1. The average molecular weight is 449 g/mol. The van der Waals surface area contributed by atoms with Gasteiger partial charge in [0.05, 0.1) is 30.7 Å². The molecule has 0 aliphatic carbocycles. The SMILES string of the molecule is CCOc1ccc(C(=O)Cn2nc(-c3ccco3)c(-c3cc(C)no3)cc2=O)cc1OCC. The number of carbonyl (C=O) groups excluding carboxylic acids is 1. The van der Waals surface area contributed by atoms with Crippen LogP contribution >= 0.6 is 0 Å². The number of aromatic nitrogens is 3. The van der Waals surface area contributed by atoms with Crippen LogP contribution in [0.3, 0.4) is 0 Å². The predicted octanol–water partition coefficient (Wildman–Crippen LogP) is 4.15. The Morgan fingerprint density at radius 3 is 2.48 bits per heavy atom. The molecule has 0 saturated carbocycles. The third-order valence-electron chi connectivity index (χ3n) is 4.80. The molecule has 0 aliphatic rings. The van der Waals surface area contributed by atoms with Crippen LogP contribution in [0.15, 0.2) is 62.5 Å². The zero-order valence-electron chi connectivity index (χ0n) is 18.5. The second kappa shape index (κ2) is 9.56. The molecular formula is C24H23N3O6. The summed E-state index contributed by atoms with van der Waals surface area (Å²) in [7, 11) is 0. The summed E-state index contributed by atoms with van der Waals surface area (Å²) in [5.74, 6) is 1.54. The first-order chi connectivity index (χ1) is 16.0. The van der Waals surface area contributed by atoms with E-state index in [1.165, 1.54) is 12.3 Å². The van der Waals surface area contributed by atoms with Gasteiger partial charge in [0.2, 0.25) is 0 Å². The van der Waals surface area contributed by atoms with Crippen molar-refractivity contribution in [3.05, 3.63) is 70.3 Å². The molecule has 3 aromatic heterocycles. The fraction of sp³-hybridized carbons (Fsp3) is 0.250. The van der Waals surface area contributed by atoms with Crippen LogP contribution in [0.25, 0.3) is 22.8 Å². The van der Waals surface area contributed by atoms with Gasteiger partial charge in [-0.1, -0.05) is 5.16 Å². The highest BCUT2D eigenvalue weighted by atomic mass is 16.5. The van der Waals surface area contributed by atoms with Crippen molar-refractivity contribution in [1.82, 2.24) is 14.9 Å². The van der Waals surface area contributed by atoms with E-state index in [2.05, 4.69) is 10.3 Å². The number of aryl methyl sites for hydroxylation is 1. The van der Waals surface area contributed by atoms with Crippen molar-refractivity contribution >= 4 is 5.78 Å². The monoisotopic (exact) mass is 449 g/mol. The largest absolute Gasteiger partial charge is 0.490 e. The van der Waals surface area contributed by atoms with Crippen molar-refractivity contribution in [2.45, 2.75) is 27.3 Å². The Bertz CT molecular complexity index is 1320. The molecule has 0 unspecified atom stereocenters. The summed E-state index contributed by atoms with van der Waals surface area (Å²) in [6.45, 7) is 6.13. The number of furan rings is 1. The molecule has 3 heterocycles. The summed E-state index contributed by atoms with van der Waals surface area (Å²) in [5, 5.41) is 8.30. The van der Waals surface area contributed by atoms with E-state index >= 15 is 0 Å². The number of carbonyl (C=O) groups is 1. The van der Waals surface area contributed by atoms with Gasteiger partial charge in [-0.15, -0.1) is 0 Å². The van der Waals surface area contributed by atoms with Crippen molar-refractivity contribution in [2.75, 3.05) is 13.2 Å². The number of benzene rings is 1. The maximum Gasteiger partial charge on any atom is 0.267 e. The molecular weight excluding hydrogens is 426 g/mol. The first-order valence-electron chi connectivity index (χ1n) is 10.5. The van der Waals surface area contributed by atoms with Gasteiger partial charge in [-0.3, -0.25) is 9.59 Å². The molecule has 0 spiro atoms. The molecule has 0 saturated heterocycles. The number of hydrogen-bond acceptors (Lipinski definition) is 8. The van der Waals surface area contributed by atoms with E-state index in [9.17, 15) is 9.59 Å². The number of Topliss-reactive ketones (excluding diaryl/α,β-unsaturated/α-hetero) is 1. The summed E-state index contributed by atoms with van der Waals surface area (Å²) >= 11 is 0. The molecule has 9 heteroatoms. The molecule has 4 aromatic rings. The Balaban J connectivity index is 1.70. The zero-order valence-corrected chi connectivity index (χ0v) is 18.5. The number of nitrogens with zero attached hydrogens (tertiary/aromatic N) is 3. The second-order valence-electron chi connectivity index (χ2n) is 7.16. The summed E-state index contributed by atoms with van der Waals surface area (Å²) in [6.07, 6.45) is 1.50. The molecule has 0 aliphatic heterocycles. The Morgan fingerprint density at radius 2 is 1.82 bits per heavy atom. The maximum atomic E-state index is 13.0. The third kappa shape index (κ3) is 4.72. The molecule has 1 aromatic carbocycles. The summed E-state index contributed by atoms with van der Waals surface area (Å²) in [6, 6.07) is 11.4. The van der Waals surface area contributed by atoms with E-state index in [-0.39, 0.29) is 12.3 Å². The Hall–Kier alpha value is -4.14. The van der Waals surface area contributed by atoms with Crippen molar-refractivity contribution in [1.29, 1.82) is 0 Å². The standard InChI is InChI=1S/C24H23N3O6/c1-4-30-19-9-8-16(12-22(19)31-5-2)18(28)14-27-23(29)13-17(21-11-15(3)26-33-21)24(25-27)20-7-6-10-32-20/h6-13H,4-5,14H2,1-3H3. The molecule has 0 N–H and O–H groups in total. The summed E-state index contributed by atoms with van der Waals surface area (Å²) < 4.78 is 23.1. The van der Waals surface area contributed by atoms with Gasteiger partial charge in [0.15, 0.2) is 28.8 Å². The molecule has 170 valence electrons. The normalized spacial score (nSPS) is 10.9. The van der Waals surface area contributed by atoms with Crippen LogP contribution < -0.4 is 15.0 Å². The highest BCUT2D eigenvalue weighted by molar-refractivity contribution is 5.96. The molecule has 0 atom stereocenters. The van der Waals surface area contributed by atoms with Crippen LogP contribution in [0.1, 0.15) is 29.9 Å². The second-order valence-corrected chi connectivity index (χ2v) is 7.16. The van der Waals surface area contributed by atoms with Gasteiger partial charge in [-0.2, -0.15) is 5.10 Å². The van der Waals surface area contributed by atoms with Gasteiger partial charge >= 0.3 is 0 Å². The van der Waals surface area contributed by atoms with Crippen molar-refractivity contribution < 1.29 is 23.2 Å². The van der Waals surface area contributed by atoms with E-state index < -0.39 is 5.56 Å². The number of hydrogen-bond donors (Lipinski definition) is 0. The van der Waals surface area contributed by atoms with Crippen LogP contribution in [0.2, 0.25) is 0 Å². The number of ether oxygens (including phenoxy) is 2. The average Bonchev–Trinajstić information content (AvgIpc) is 3.48. The summed E-state index contributed by atoms with van der Waals surface area (Å²) in [4.78, 5) is 25.8. The highest BCUT2D eigenvalue weighted by Crippen LogP contribution is 2.31. The Morgan fingerprint density at radius 1 is 1.03 bits per heavy atom. The van der Waals surface area contributed by atoms with Crippen molar-refractivity contribution in [2.24, 2.45) is 0 Å². The first-order valence-corrected chi connectivity index (χ1v) is 10.5. The summed E-state index contributed by atoms with van der Waals surface area (Å²) in [5.41, 5.74) is 1.38. The Kier molecular flexibility index (Phi) is 6.39. The number of ketones is 1. The minimum absolute atomic E-state index is 0.262. The van der Waals surface area contributed by atoms with E-state index in [0.29, 0.717) is 58.7 Å². The molecule has 0 fully saturated rings. The van der Waals surface area contributed by atoms with Crippen molar-refractivity contribution in [3.8, 4) is 34.3 Å². The zero-order chi connectivity index (χ0) is 23.4. The number of rotatable bonds is 9. The topological polar surface area (TPSA) is 110 Å².